The topological polar surface area (TPSA) is 202 Å². The van der Waals surface area contributed by atoms with Crippen LogP contribution in [-0.2, 0) is 39.5 Å². The molecule has 0 saturated carbocycles. The summed E-state index contributed by atoms with van der Waals surface area (Å²) in [5.41, 5.74) is 3.08. The standard InChI is InChI=1S/C27H28F6N6O3.C8H14O5/c1-5-25(34)17(12-19-20(39(25)24(40)41)6-7-22(36-19)42-4)23-35-13-21(38(2)3)18(37-23)10-14-8-15(26(28,29)30)11-16(9-14)27(31,32)33;9-7(10)3-1-5-13-6-2-4-8(11)12/h6-9,11,13,17H,5,10,12,34H2,1-4H3,(H,40,41);1-6H2,(H,9,10)(H,11,12). The minimum atomic E-state index is -5.01. The Morgan fingerprint density at radius 2 is 1.51 bits per heavy atom. The Labute approximate surface area is 311 Å². The monoisotopic (exact) mass is 788 g/mol. The van der Waals surface area contributed by atoms with E-state index in [0.29, 0.717) is 49.6 Å². The van der Waals surface area contributed by atoms with Crippen molar-refractivity contribution in [2.75, 3.05) is 44.2 Å². The number of hydrogen-bond acceptors (Lipinski definition) is 10. The van der Waals surface area contributed by atoms with E-state index in [2.05, 4.69) is 15.0 Å². The Hall–Kier alpha value is -5.24. The van der Waals surface area contributed by atoms with Gasteiger partial charge in [-0.25, -0.2) is 19.7 Å². The Morgan fingerprint density at radius 1 is 0.945 bits per heavy atom. The Morgan fingerprint density at radius 3 is 1.96 bits per heavy atom. The van der Waals surface area contributed by atoms with Crippen LogP contribution in [0, 0.1) is 0 Å². The van der Waals surface area contributed by atoms with Gasteiger partial charge in [0.05, 0.1) is 53.1 Å². The molecule has 3 heterocycles. The Kier molecular flexibility index (Phi) is 14.8. The van der Waals surface area contributed by atoms with E-state index in [1.165, 1.54) is 25.4 Å². The molecule has 1 aliphatic heterocycles. The first-order valence-corrected chi connectivity index (χ1v) is 16.8. The molecule has 55 heavy (non-hydrogen) atoms. The molecule has 0 aliphatic carbocycles. The Balaban J connectivity index is 0.000000534. The van der Waals surface area contributed by atoms with Crippen LogP contribution < -0.4 is 20.3 Å². The van der Waals surface area contributed by atoms with E-state index < -0.39 is 59.5 Å². The number of carboxylic acid groups (broad SMARTS) is 3. The average Bonchev–Trinajstić information content (AvgIpc) is 3.09. The van der Waals surface area contributed by atoms with Gasteiger partial charge < -0.3 is 35.4 Å². The summed E-state index contributed by atoms with van der Waals surface area (Å²) in [5, 5.41) is 26.7. The van der Waals surface area contributed by atoms with Crippen molar-refractivity contribution in [2.45, 2.75) is 75.8 Å². The van der Waals surface area contributed by atoms with Crippen LogP contribution in [0.3, 0.4) is 0 Å². The fourth-order valence-corrected chi connectivity index (χ4v) is 5.86. The lowest BCUT2D eigenvalue weighted by Gasteiger charge is -2.47. The zero-order valence-electron chi connectivity index (χ0n) is 30.4. The van der Waals surface area contributed by atoms with Crippen molar-refractivity contribution in [1.29, 1.82) is 0 Å². The van der Waals surface area contributed by atoms with E-state index in [4.69, 9.17) is 25.4 Å². The van der Waals surface area contributed by atoms with Crippen LogP contribution in [0.25, 0.3) is 0 Å². The van der Waals surface area contributed by atoms with Gasteiger partial charge in [0.25, 0.3) is 0 Å². The summed E-state index contributed by atoms with van der Waals surface area (Å²) >= 11 is 0. The zero-order chi connectivity index (χ0) is 41.3. The van der Waals surface area contributed by atoms with Gasteiger partial charge in [-0.2, -0.15) is 26.3 Å². The molecule has 0 saturated heterocycles. The lowest BCUT2D eigenvalue weighted by Crippen LogP contribution is -2.64. The number of pyridine rings is 1. The molecule has 0 bridgehead atoms. The number of hydrogen-bond donors (Lipinski definition) is 4. The maximum absolute atomic E-state index is 13.5. The molecule has 2 aromatic heterocycles. The highest BCUT2D eigenvalue weighted by Crippen LogP contribution is 2.44. The van der Waals surface area contributed by atoms with Crippen LogP contribution in [0.4, 0.5) is 42.5 Å². The Bertz CT molecular complexity index is 1780. The maximum atomic E-state index is 13.5. The first-order chi connectivity index (χ1) is 25.6. The van der Waals surface area contributed by atoms with Crippen molar-refractivity contribution >= 4 is 29.4 Å². The van der Waals surface area contributed by atoms with Crippen molar-refractivity contribution < 1.29 is 65.5 Å². The number of amides is 1. The number of alkyl halides is 6. The first kappa shape index (κ1) is 44.2. The molecule has 20 heteroatoms. The van der Waals surface area contributed by atoms with Gasteiger partial charge in [0.15, 0.2) is 0 Å². The summed E-state index contributed by atoms with van der Waals surface area (Å²) in [6.07, 6.45) is -9.06. The smallest absolute Gasteiger partial charge is 0.416 e. The van der Waals surface area contributed by atoms with Gasteiger partial charge in [0.2, 0.25) is 5.88 Å². The van der Waals surface area contributed by atoms with Gasteiger partial charge in [-0.05, 0) is 49.1 Å². The number of halogens is 6. The van der Waals surface area contributed by atoms with Crippen molar-refractivity contribution in [3.63, 3.8) is 0 Å². The number of methoxy groups -OCH3 is 1. The third kappa shape index (κ3) is 11.6. The molecule has 1 aliphatic rings. The molecule has 2 unspecified atom stereocenters. The van der Waals surface area contributed by atoms with Crippen molar-refractivity contribution in [3.8, 4) is 5.88 Å². The molecule has 1 aromatic carbocycles. The summed E-state index contributed by atoms with van der Waals surface area (Å²) in [4.78, 5) is 48.5. The highest BCUT2D eigenvalue weighted by molar-refractivity contribution is 5.89. The summed E-state index contributed by atoms with van der Waals surface area (Å²) in [5.74, 6) is -2.27. The first-order valence-electron chi connectivity index (χ1n) is 16.8. The summed E-state index contributed by atoms with van der Waals surface area (Å²) in [6, 6.07) is 4.38. The van der Waals surface area contributed by atoms with Gasteiger partial charge in [-0.1, -0.05) is 6.92 Å². The van der Waals surface area contributed by atoms with E-state index in [9.17, 15) is 45.8 Å². The maximum Gasteiger partial charge on any atom is 0.416 e. The molecule has 14 nitrogen and oxygen atoms in total. The lowest BCUT2D eigenvalue weighted by atomic mass is 9.80. The molecule has 1 amide bonds. The van der Waals surface area contributed by atoms with Gasteiger partial charge in [0.1, 0.15) is 11.5 Å². The van der Waals surface area contributed by atoms with Crippen LogP contribution in [0.5, 0.6) is 5.88 Å². The van der Waals surface area contributed by atoms with Crippen LogP contribution >= 0.6 is 0 Å². The molecule has 2 atom stereocenters. The average molecular weight is 789 g/mol. The van der Waals surface area contributed by atoms with Gasteiger partial charge in [-0.15, -0.1) is 0 Å². The number of aromatic nitrogens is 3. The summed E-state index contributed by atoms with van der Waals surface area (Å²) in [6.45, 7) is 2.44. The second kappa shape index (κ2) is 18.4. The van der Waals surface area contributed by atoms with Crippen LogP contribution in [0.1, 0.15) is 78.8 Å². The number of anilines is 2. The molecular formula is C35H42F6N6O8. The molecule has 5 N–H and O–H groups in total. The fraction of sp³-hybridized carbons (Fsp3) is 0.486. The van der Waals surface area contributed by atoms with Gasteiger partial charge in [0, 0.05) is 59.1 Å². The molecular weight excluding hydrogens is 746 g/mol. The molecule has 0 fully saturated rings. The van der Waals surface area contributed by atoms with Gasteiger partial charge >= 0.3 is 30.4 Å². The predicted molar refractivity (Wildman–Crippen MR) is 185 cm³/mol. The van der Waals surface area contributed by atoms with Gasteiger partial charge in [-0.3, -0.25) is 14.5 Å². The van der Waals surface area contributed by atoms with E-state index in [0.717, 1.165) is 4.90 Å². The number of rotatable bonds is 14. The van der Waals surface area contributed by atoms with Crippen LogP contribution in [0.15, 0.2) is 36.5 Å². The van der Waals surface area contributed by atoms with E-state index in [-0.39, 0.29) is 60.4 Å². The highest BCUT2D eigenvalue weighted by atomic mass is 19.4. The zero-order valence-corrected chi connectivity index (χ0v) is 30.4. The largest absolute Gasteiger partial charge is 0.481 e. The van der Waals surface area contributed by atoms with E-state index >= 15 is 0 Å². The molecule has 0 radical (unpaired) electrons. The highest BCUT2D eigenvalue weighted by Gasteiger charge is 2.50. The fourth-order valence-electron chi connectivity index (χ4n) is 5.86. The van der Waals surface area contributed by atoms with Crippen LogP contribution in [0.2, 0.25) is 0 Å². The number of carboxylic acids is 2. The minimum Gasteiger partial charge on any atom is -0.481 e. The quantitative estimate of drug-likeness (QED) is 0.106. The minimum absolute atomic E-state index is 0.0597. The van der Waals surface area contributed by atoms with Crippen molar-refractivity contribution in [1.82, 2.24) is 15.0 Å². The molecule has 3 aromatic rings. The third-order valence-corrected chi connectivity index (χ3v) is 8.58. The second-order valence-corrected chi connectivity index (χ2v) is 12.7. The number of aliphatic carboxylic acids is 2. The number of ether oxygens (including phenoxy) is 2. The third-order valence-electron chi connectivity index (χ3n) is 8.58. The predicted octanol–water partition coefficient (Wildman–Crippen LogP) is 6.20. The number of nitrogens with zero attached hydrogens (tertiary/aromatic N) is 5. The van der Waals surface area contributed by atoms with E-state index in [1.807, 2.05) is 0 Å². The normalized spacial score (nSPS) is 16.8. The van der Waals surface area contributed by atoms with Crippen molar-refractivity contribution in [2.24, 2.45) is 5.73 Å². The SMILES string of the molecule is CCC1(N)C(c2ncc(N(C)C)c(Cc3cc(C(F)(F)F)cc(C(F)(F)F)c3)n2)Cc2nc(OC)ccc2N1C(=O)O.O=C(O)CCCOCCCC(=O)O. The van der Waals surface area contributed by atoms with E-state index in [1.54, 1.807) is 25.9 Å². The summed E-state index contributed by atoms with van der Waals surface area (Å²) in [7, 11) is 4.64. The molecule has 4 rings (SSSR count). The van der Waals surface area contributed by atoms with Crippen molar-refractivity contribution in [3.05, 3.63) is 70.4 Å². The number of nitrogens with two attached hydrogens (primary N) is 1. The number of carbonyl (C=O) groups is 3. The lowest BCUT2D eigenvalue weighted by molar-refractivity contribution is -0.143. The molecule has 0 spiro atoms. The second-order valence-electron chi connectivity index (χ2n) is 12.7. The van der Waals surface area contributed by atoms with Crippen LogP contribution in [-0.4, -0.2) is 88.4 Å². The summed E-state index contributed by atoms with van der Waals surface area (Å²) < 4.78 is 91.2. The number of benzene rings is 1. The molecule has 302 valence electrons. The number of fused-ring (bicyclic) bond motifs is 1.